The number of ether oxygens (including phenoxy) is 1. The second-order valence-electron chi connectivity index (χ2n) is 6.03. The lowest BCUT2D eigenvalue weighted by Crippen LogP contribution is -2.11. The van der Waals surface area contributed by atoms with Crippen LogP contribution >= 0.6 is 15.9 Å². The lowest BCUT2D eigenvalue weighted by atomic mass is 9.87. The van der Waals surface area contributed by atoms with Gasteiger partial charge in [-0.1, -0.05) is 32.9 Å². The lowest BCUT2D eigenvalue weighted by molar-refractivity contribution is 0.451. The standard InChI is InChI=1S/C17H21BrN2O/c1-17(2,3)13-6-5-7-15(9-13)21-16-12(10-19-4)8-14(18)11-20-16/h5-9,11,19H,10H2,1-4H3. The molecule has 3 nitrogen and oxygen atoms in total. The quantitative estimate of drug-likeness (QED) is 0.872. The summed E-state index contributed by atoms with van der Waals surface area (Å²) in [6.45, 7) is 7.28. The number of hydrogen-bond donors (Lipinski definition) is 1. The minimum Gasteiger partial charge on any atom is -0.439 e. The molecule has 0 saturated heterocycles. The van der Waals surface area contributed by atoms with E-state index in [1.165, 1.54) is 5.56 Å². The van der Waals surface area contributed by atoms with Gasteiger partial charge in [0, 0.05) is 22.8 Å². The third kappa shape index (κ3) is 4.29. The molecular formula is C17H21BrN2O. The van der Waals surface area contributed by atoms with E-state index in [1.54, 1.807) is 6.20 Å². The topological polar surface area (TPSA) is 34.2 Å². The molecule has 0 bridgehead atoms. The van der Waals surface area contributed by atoms with Gasteiger partial charge < -0.3 is 10.1 Å². The molecule has 0 aliphatic rings. The molecule has 0 radical (unpaired) electrons. The number of rotatable bonds is 4. The third-order valence-corrected chi connectivity index (χ3v) is 3.61. The smallest absolute Gasteiger partial charge is 0.223 e. The van der Waals surface area contributed by atoms with Gasteiger partial charge in [-0.25, -0.2) is 4.98 Å². The molecule has 1 N–H and O–H groups in total. The van der Waals surface area contributed by atoms with Gasteiger partial charge in [-0.2, -0.15) is 0 Å². The zero-order valence-electron chi connectivity index (χ0n) is 12.9. The van der Waals surface area contributed by atoms with E-state index in [4.69, 9.17) is 4.74 Å². The molecule has 0 aliphatic carbocycles. The first kappa shape index (κ1) is 16.0. The van der Waals surface area contributed by atoms with Crippen LogP contribution in [0.3, 0.4) is 0 Å². The maximum atomic E-state index is 5.98. The van der Waals surface area contributed by atoms with Crippen molar-refractivity contribution < 1.29 is 4.74 Å². The van der Waals surface area contributed by atoms with Gasteiger partial charge in [-0.3, -0.25) is 0 Å². The van der Waals surface area contributed by atoms with Gasteiger partial charge in [-0.15, -0.1) is 0 Å². The van der Waals surface area contributed by atoms with Crippen LogP contribution in [0.1, 0.15) is 31.9 Å². The maximum absolute atomic E-state index is 5.98. The van der Waals surface area contributed by atoms with Crippen LogP contribution in [-0.4, -0.2) is 12.0 Å². The van der Waals surface area contributed by atoms with Gasteiger partial charge in [-0.05, 0) is 52.2 Å². The summed E-state index contributed by atoms with van der Waals surface area (Å²) >= 11 is 3.44. The first-order chi connectivity index (χ1) is 9.90. The fourth-order valence-corrected chi connectivity index (χ4v) is 2.39. The first-order valence-electron chi connectivity index (χ1n) is 6.97. The Hall–Kier alpha value is -1.39. The van der Waals surface area contributed by atoms with Gasteiger partial charge in [0.15, 0.2) is 0 Å². The number of benzene rings is 1. The molecule has 0 atom stereocenters. The molecule has 1 aromatic carbocycles. The van der Waals surface area contributed by atoms with E-state index in [-0.39, 0.29) is 5.41 Å². The zero-order chi connectivity index (χ0) is 15.5. The van der Waals surface area contributed by atoms with E-state index in [9.17, 15) is 0 Å². The molecule has 0 amide bonds. The predicted octanol–water partition coefficient (Wildman–Crippen LogP) is 4.65. The van der Waals surface area contributed by atoms with Crippen LogP contribution in [0.25, 0.3) is 0 Å². The van der Waals surface area contributed by atoms with Crippen LogP contribution in [0, 0.1) is 0 Å². The molecule has 0 unspecified atom stereocenters. The molecule has 1 heterocycles. The SMILES string of the molecule is CNCc1cc(Br)cnc1Oc1cccc(C(C)(C)C)c1. The number of hydrogen-bond acceptors (Lipinski definition) is 3. The molecule has 2 rings (SSSR count). The van der Waals surface area contributed by atoms with E-state index >= 15 is 0 Å². The van der Waals surface area contributed by atoms with Gasteiger partial charge in [0.2, 0.25) is 5.88 Å². The Morgan fingerprint density at radius 3 is 2.67 bits per heavy atom. The summed E-state index contributed by atoms with van der Waals surface area (Å²) in [6, 6.07) is 10.2. The summed E-state index contributed by atoms with van der Waals surface area (Å²) in [5.74, 6) is 1.45. The van der Waals surface area contributed by atoms with Crippen molar-refractivity contribution >= 4 is 15.9 Å². The summed E-state index contributed by atoms with van der Waals surface area (Å²) < 4.78 is 6.93. The second-order valence-corrected chi connectivity index (χ2v) is 6.94. The molecule has 1 aromatic heterocycles. The minimum atomic E-state index is 0.0975. The van der Waals surface area contributed by atoms with Crippen molar-refractivity contribution in [1.82, 2.24) is 10.3 Å². The zero-order valence-corrected chi connectivity index (χ0v) is 14.5. The summed E-state index contributed by atoms with van der Waals surface area (Å²) in [4.78, 5) is 4.37. The Morgan fingerprint density at radius 1 is 1.24 bits per heavy atom. The van der Waals surface area contributed by atoms with Crippen LogP contribution in [0.2, 0.25) is 0 Å². The van der Waals surface area contributed by atoms with Crippen LogP contribution in [0.15, 0.2) is 41.0 Å². The maximum Gasteiger partial charge on any atom is 0.223 e. The van der Waals surface area contributed by atoms with Crippen molar-refractivity contribution in [3.05, 3.63) is 52.1 Å². The summed E-state index contributed by atoms with van der Waals surface area (Å²) in [6.07, 6.45) is 1.75. The van der Waals surface area contributed by atoms with Crippen LogP contribution < -0.4 is 10.1 Å². The van der Waals surface area contributed by atoms with Gasteiger partial charge in [0.25, 0.3) is 0 Å². The van der Waals surface area contributed by atoms with Gasteiger partial charge in [0.05, 0.1) is 0 Å². The van der Waals surface area contributed by atoms with Crippen molar-refractivity contribution in [2.24, 2.45) is 0 Å². The number of halogens is 1. The summed E-state index contributed by atoms with van der Waals surface area (Å²) in [7, 11) is 1.91. The lowest BCUT2D eigenvalue weighted by Gasteiger charge is -2.20. The Kier molecular flexibility index (Phi) is 5.01. The Bertz CT molecular complexity index is 620. The molecule has 2 aromatic rings. The highest BCUT2D eigenvalue weighted by atomic mass is 79.9. The number of nitrogens with one attached hydrogen (secondary N) is 1. The largest absolute Gasteiger partial charge is 0.439 e. The third-order valence-electron chi connectivity index (χ3n) is 3.17. The minimum absolute atomic E-state index is 0.0975. The summed E-state index contributed by atoms with van der Waals surface area (Å²) in [5.41, 5.74) is 2.36. The van der Waals surface area contributed by atoms with Crippen LogP contribution in [-0.2, 0) is 12.0 Å². The number of nitrogens with zero attached hydrogens (tertiary/aromatic N) is 1. The average molecular weight is 349 g/mol. The highest BCUT2D eigenvalue weighted by molar-refractivity contribution is 9.10. The molecule has 0 fully saturated rings. The molecule has 4 heteroatoms. The Morgan fingerprint density at radius 2 is 2.00 bits per heavy atom. The van der Waals surface area contributed by atoms with E-state index < -0.39 is 0 Å². The Balaban J connectivity index is 2.30. The van der Waals surface area contributed by atoms with E-state index in [0.29, 0.717) is 12.4 Å². The van der Waals surface area contributed by atoms with E-state index in [1.807, 2.05) is 25.2 Å². The van der Waals surface area contributed by atoms with Crippen molar-refractivity contribution in [1.29, 1.82) is 0 Å². The molecule has 0 spiro atoms. The predicted molar refractivity (Wildman–Crippen MR) is 89.9 cm³/mol. The first-order valence-corrected chi connectivity index (χ1v) is 7.77. The molecule has 21 heavy (non-hydrogen) atoms. The highest BCUT2D eigenvalue weighted by Gasteiger charge is 2.15. The summed E-state index contributed by atoms with van der Waals surface area (Å²) in [5, 5.41) is 3.13. The van der Waals surface area contributed by atoms with Gasteiger partial charge in [0.1, 0.15) is 5.75 Å². The fourth-order valence-electron chi connectivity index (χ4n) is 2.02. The van der Waals surface area contributed by atoms with Gasteiger partial charge >= 0.3 is 0 Å². The van der Waals surface area contributed by atoms with E-state index in [0.717, 1.165) is 15.8 Å². The average Bonchev–Trinajstić information content (AvgIpc) is 2.42. The van der Waals surface area contributed by atoms with E-state index in [2.05, 4.69) is 59.1 Å². The number of aromatic nitrogens is 1. The molecular weight excluding hydrogens is 328 g/mol. The molecule has 112 valence electrons. The highest BCUT2D eigenvalue weighted by Crippen LogP contribution is 2.29. The normalized spacial score (nSPS) is 11.5. The van der Waals surface area contributed by atoms with Crippen LogP contribution in [0.5, 0.6) is 11.6 Å². The van der Waals surface area contributed by atoms with Crippen molar-refractivity contribution in [2.75, 3.05) is 7.05 Å². The second kappa shape index (κ2) is 6.58. The monoisotopic (exact) mass is 348 g/mol. The fraction of sp³-hybridized carbons (Fsp3) is 0.353. The van der Waals surface area contributed by atoms with Crippen molar-refractivity contribution in [3.8, 4) is 11.6 Å². The number of pyridine rings is 1. The van der Waals surface area contributed by atoms with Crippen LogP contribution in [0.4, 0.5) is 0 Å². The Labute approximate surface area is 134 Å². The van der Waals surface area contributed by atoms with Crippen molar-refractivity contribution in [2.45, 2.75) is 32.7 Å². The molecule has 0 aliphatic heterocycles. The molecule has 0 saturated carbocycles. The van der Waals surface area contributed by atoms with Crippen molar-refractivity contribution in [3.63, 3.8) is 0 Å².